The van der Waals surface area contributed by atoms with Crippen molar-refractivity contribution in [2.45, 2.75) is 40.0 Å². The third-order valence-corrected chi connectivity index (χ3v) is 4.89. The number of carbonyl (C=O) groups excluding carboxylic acids is 2. The molecule has 0 saturated carbocycles. The first-order valence-electron chi connectivity index (χ1n) is 9.11. The van der Waals surface area contributed by atoms with E-state index in [0.29, 0.717) is 12.8 Å². The molecule has 0 N–H and O–H groups in total. The third kappa shape index (κ3) is 4.53. The van der Waals surface area contributed by atoms with E-state index >= 15 is 0 Å². The molecule has 146 valence electrons. The molecule has 27 heavy (non-hydrogen) atoms. The van der Waals surface area contributed by atoms with E-state index in [0.717, 1.165) is 17.6 Å². The van der Waals surface area contributed by atoms with Crippen molar-refractivity contribution in [3.8, 4) is 0 Å². The molecule has 0 heterocycles. The Kier molecular flexibility index (Phi) is 6.71. The largest absolute Gasteiger partial charge is 0.465 e. The van der Waals surface area contributed by atoms with E-state index < -0.39 is 22.3 Å². The number of rotatable bonds is 8. The molecule has 0 bridgehead atoms. The topological polar surface area (TPSA) is 95.7 Å². The molecule has 1 aliphatic rings. The smallest absolute Gasteiger partial charge is 0.327 e. The second kappa shape index (κ2) is 8.79. The Labute approximate surface area is 158 Å². The molecule has 7 nitrogen and oxygen atoms in total. The van der Waals surface area contributed by atoms with Crippen LogP contribution in [0.1, 0.15) is 39.2 Å². The van der Waals surface area contributed by atoms with Crippen molar-refractivity contribution in [2.75, 3.05) is 13.2 Å². The molecule has 0 amide bonds. The Bertz CT molecular complexity index is 719. The van der Waals surface area contributed by atoms with Gasteiger partial charge < -0.3 is 9.47 Å². The quantitative estimate of drug-likeness (QED) is 0.226. The molecule has 1 atom stereocenters. The fourth-order valence-electron chi connectivity index (χ4n) is 3.46. The zero-order valence-corrected chi connectivity index (χ0v) is 15.9. The summed E-state index contributed by atoms with van der Waals surface area (Å²) >= 11 is 0. The first kappa shape index (κ1) is 20.6. The van der Waals surface area contributed by atoms with Crippen molar-refractivity contribution >= 4 is 17.6 Å². The molecular weight excluding hydrogens is 350 g/mol. The van der Waals surface area contributed by atoms with Crippen LogP contribution in [0.3, 0.4) is 0 Å². The average molecular weight is 375 g/mol. The maximum atomic E-state index is 12.5. The van der Waals surface area contributed by atoms with Crippen molar-refractivity contribution in [1.29, 1.82) is 0 Å². The van der Waals surface area contributed by atoms with Crippen LogP contribution in [0.25, 0.3) is 0 Å². The van der Waals surface area contributed by atoms with Gasteiger partial charge in [0.05, 0.1) is 18.1 Å². The number of nitrogens with zero attached hydrogens (tertiary/aromatic N) is 1. The SMILES string of the molecule is CCOC(=O)C1(C(=O)OCC)C=C(C)C(CCc2ccc([N+](=O)[O-])cc2)C1. The van der Waals surface area contributed by atoms with Gasteiger partial charge in [0, 0.05) is 12.1 Å². The van der Waals surface area contributed by atoms with Gasteiger partial charge in [-0.3, -0.25) is 19.7 Å². The molecule has 0 aliphatic heterocycles. The summed E-state index contributed by atoms with van der Waals surface area (Å²) in [6, 6.07) is 6.43. The normalized spacial score (nSPS) is 17.9. The lowest BCUT2D eigenvalue weighted by atomic mass is 9.83. The van der Waals surface area contributed by atoms with Gasteiger partial charge in [0.1, 0.15) is 0 Å². The van der Waals surface area contributed by atoms with Gasteiger partial charge in [0.15, 0.2) is 5.41 Å². The minimum Gasteiger partial charge on any atom is -0.465 e. The van der Waals surface area contributed by atoms with E-state index in [1.54, 1.807) is 32.1 Å². The van der Waals surface area contributed by atoms with E-state index in [1.165, 1.54) is 12.1 Å². The fraction of sp³-hybridized carbons (Fsp3) is 0.500. The molecule has 1 aromatic carbocycles. The average Bonchev–Trinajstić information content (AvgIpc) is 2.98. The molecule has 0 spiro atoms. The van der Waals surface area contributed by atoms with Crippen molar-refractivity contribution in [2.24, 2.45) is 11.3 Å². The number of nitro benzene ring substituents is 1. The summed E-state index contributed by atoms with van der Waals surface area (Å²) in [6.45, 7) is 5.70. The van der Waals surface area contributed by atoms with Crippen LogP contribution in [0, 0.1) is 21.4 Å². The van der Waals surface area contributed by atoms with Crippen LogP contribution in [-0.4, -0.2) is 30.1 Å². The summed E-state index contributed by atoms with van der Waals surface area (Å²) in [6.07, 6.45) is 3.42. The summed E-state index contributed by atoms with van der Waals surface area (Å²) in [7, 11) is 0. The zero-order valence-electron chi connectivity index (χ0n) is 15.9. The number of hydrogen-bond donors (Lipinski definition) is 0. The summed E-state index contributed by atoms with van der Waals surface area (Å²) < 4.78 is 10.3. The highest BCUT2D eigenvalue weighted by atomic mass is 16.6. The highest BCUT2D eigenvalue weighted by Crippen LogP contribution is 2.44. The molecule has 0 saturated heterocycles. The van der Waals surface area contributed by atoms with Gasteiger partial charge in [-0.2, -0.15) is 0 Å². The predicted molar refractivity (Wildman–Crippen MR) is 99.0 cm³/mol. The third-order valence-electron chi connectivity index (χ3n) is 4.89. The summed E-state index contributed by atoms with van der Waals surface area (Å²) in [5.41, 5.74) is 0.603. The monoisotopic (exact) mass is 375 g/mol. The Balaban J connectivity index is 2.11. The van der Waals surface area contributed by atoms with Crippen LogP contribution in [0.15, 0.2) is 35.9 Å². The number of hydrogen-bond acceptors (Lipinski definition) is 6. The number of aryl methyl sites for hydroxylation is 1. The van der Waals surface area contributed by atoms with E-state index in [9.17, 15) is 19.7 Å². The predicted octanol–water partition coefficient (Wildman–Crippen LogP) is 3.61. The molecule has 1 unspecified atom stereocenters. The Hall–Kier alpha value is -2.70. The number of allylic oxidation sites excluding steroid dienone is 1. The van der Waals surface area contributed by atoms with Crippen LogP contribution >= 0.6 is 0 Å². The lowest BCUT2D eigenvalue weighted by molar-refractivity contribution is -0.384. The van der Waals surface area contributed by atoms with E-state index in [4.69, 9.17) is 9.47 Å². The van der Waals surface area contributed by atoms with Crippen molar-refractivity contribution in [3.63, 3.8) is 0 Å². The van der Waals surface area contributed by atoms with Gasteiger partial charge >= 0.3 is 11.9 Å². The molecule has 2 rings (SSSR count). The van der Waals surface area contributed by atoms with Crippen LogP contribution in [0.5, 0.6) is 0 Å². The first-order chi connectivity index (χ1) is 12.8. The molecule has 1 aliphatic carbocycles. The lowest BCUT2D eigenvalue weighted by Crippen LogP contribution is -2.39. The van der Waals surface area contributed by atoms with Crippen molar-refractivity contribution < 1.29 is 24.0 Å². The minimum absolute atomic E-state index is 0.0361. The number of ether oxygens (including phenoxy) is 2. The number of carbonyl (C=O) groups is 2. The maximum absolute atomic E-state index is 12.5. The second-order valence-corrected chi connectivity index (χ2v) is 6.66. The van der Waals surface area contributed by atoms with Gasteiger partial charge in [0.25, 0.3) is 5.69 Å². The standard InChI is InChI=1S/C20H25NO6/c1-4-26-18(22)20(19(23)27-5-2)12-14(3)16(13-20)9-6-15-7-10-17(11-8-15)21(24)25/h7-8,10-12,16H,4-6,9,13H2,1-3H3. The highest BCUT2D eigenvalue weighted by Gasteiger charge is 2.52. The number of non-ortho nitro benzene ring substituents is 1. The fourth-order valence-corrected chi connectivity index (χ4v) is 3.46. The molecule has 0 fully saturated rings. The number of esters is 2. The van der Waals surface area contributed by atoms with Gasteiger partial charge in [0.2, 0.25) is 0 Å². The highest BCUT2D eigenvalue weighted by molar-refractivity contribution is 6.03. The molecule has 0 radical (unpaired) electrons. The van der Waals surface area contributed by atoms with Gasteiger partial charge in [-0.1, -0.05) is 23.8 Å². The van der Waals surface area contributed by atoms with Crippen LogP contribution in [0.4, 0.5) is 5.69 Å². The van der Waals surface area contributed by atoms with Crippen LogP contribution < -0.4 is 0 Å². The summed E-state index contributed by atoms with van der Waals surface area (Å²) in [5.74, 6) is -1.10. The summed E-state index contributed by atoms with van der Waals surface area (Å²) in [5, 5.41) is 10.7. The molecule has 7 heteroatoms. The maximum Gasteiger partial charge on any atom is 0.327 e. The van der Waals surface area contributed by atoms with Crippen molar-refractivity contribution in [3.05, 3.63) is 51.6 Å². The van der Waals surface area contributed by atoms with Gasteiger partial charge in [-0.05, 0) is 51.5 Å². The Morgan fingerprint density at radius 3 is 2.19 bits per heavy atom. The summed E-state index contributed by atoms with van der Waals surface area (Å²) in [4.78, 5) is 35.3. The Morgan fingerprint density at radius 2 is 1.70 bits per heavy atom. The number of benzene rings is 1. The van der Waals surface area contributed by atoms with E-state index in [-0.39, 0.29) is 24.8 Å². The van der Waals surface area contributed by atoms with Gasteiger partial charge in [-0.15, -0.1) is 0 Å². The van der Waals surface area contributed by atoms with Crippen LogP contribution in [-0.2, 0) is 25.5 Å². The molecule has 0 aromatic heterocycles. The second-order valence-electron chi connectivity index (χ2n) is 6.66. The minimum atomic E-state index is -1.38. The van der Waals surface area contributed by atoms with Gasteiger partial charge in [-0.25, -0.2) is 0 Å². The van der Waals surface area contributed by atoms with E-state index in [2.05, 4.69) is 0 Å². The van der Waals surface area contributed by atoms with Crippen LogP contribution in [0.2, 0.25) is 0 Å². The van der Waals surface area contributed by atoms with E-state index in [1.807, 2.05) is 6.92 Å². The zero-order chi connectivity index (χ0) is 20.0. The molecule has 1 aromatic rings. The number of nitro groups is 1. The van der Waals surface area contributed by atoms with Crippen molar-refractivity contribution in [1.82, 2.24) is 0 Å². The molecular formula is C20H25NO6. The lowest BCUT2D eigenvalue weighted by Gasteiger charge is -2.24. The Morgan fingerprint density at radius 1 is 1.15 bits per heavy atom. The first-order valence-corrected chi connectivity index (χ1v) is 9.11.